The zero-order chi connectivity index (χ0) is 24.9. The Kier molecular flexibility index (Phi) is 7.36. The number of rotatable bonds is 8. The largest absolute Gasteiger partial charge is 0.485 e. The van der Waals surface area contributed by atoms with Gasteiger partial charge < -0.3 is 14.8 Å². The Morgan fingerprint density at radius 3 is 2.63 bits per heavy atom. The minimum Gasteiger partial charge on any atom is -0.485 e. The Balaban J connectivity index is 1.46. The number of hydrogen-bond acceptors (Lipinski definition) is 5. The number of fused-ring (bicyclic) bond motifs is 1. The summed E-state index contributed by atoms with van der Waals surface area (Å²) in [7, 11) is 0. The fourth-order valence-electron chi connectivity index (χ4n) is 3.74. The number of ether oxygens (including phenoxy) is 2. The van der Waals surface area contributed by atoms with Crippen LogP contribution < -0.4 is 19.7 Å². The molecule has 0 saturated carbocycles. The Labute approximate surface area is 208 Å². The predicted octanol–water partition coefficient (Wildman–Crippen LogP) is 4.51. The summed E-state index contributed by atoms with van der Waals surface area (Å²) in [4.78, 5) is 39.5. The second-order valence-electron chi connectivity index (χ2n) is 8.27. The summed E-state index contributed by atoms with van der Waals surface area (Å²) < 4.78 is 11.1. The summed E-state index contributed by atoms with van der Waals surface area (Å²) in [6, 6.07) is 19.3. The van der Waals surface area contributed by atoms with Crippen LogP contribution in [0.4, 0.5) is 5.69 Å². The Morgan fingerprint density at radius 1 is 1.11 bits per heavy atom. The number of benzene rings is 3. The first kappa shape index (κ1) is 24.3. The van der Waals surface area contributed by atoms with Crippen LogP contribution in [0.2, 0.25) is 5.02 Å². The molecule has 2 amide bonds. The molecule has 8 heteroatoms. The normalized spacial score (nSPS) is 13.5. The lowest BCUT2D eigenvalue weighted by Crippen LogP contribution is -2.45. The summed E-state index contributed by atoms with van der Waals surface area (Å²) >= 11 is 6.03. The Hall–Kier alpha value is -3.84. The molecule has 1 aliphatic rings. The molecule has 0 aliphatic carbocycles. The van der Waals surface area contributed by atoms with Crippen LogP contribution in [-0.4, -0.2) is 37.4 Å². The number of aryl methyl sites for hydroxylation is 1. The summed E-state index contributed by atoms with van der Waals surface area (Å²) in [6.45, 7) is 3.17. The van der Waals surface area contributed by atoms with Crippen LogP contribution in [0.25, 0.3) is 0 Å². The van der Waals surface area contributed by atoms with Crippen molar-refractivity contribution >= 4 is 34.9 Å². The Morgan fingerprint density at radius 2 is 1.89 bits per heavy atom. The molecular weight excluding hydrogens is 468 g/mol. The minimum atomic E-state index is -0.363. The van der Waals surface area contributed by atoms with E-state index in [4.69, 9.17) is 21.1 Å². The van der Waals surface area contributed by atoms with Crippen molar-refractivity contribution in [3.05, 3.63) is 88.4 Å². The molecule has 3 aromatic carbocycles. The first-order valence-corrected chi connectivity index (χ1v) is 11.5. The van der Waals surface area contributed by atoms with E-state index in [9.17, 15) is 14.4 Å². The molecule has 1 heterocycles. The van der Waals surface area contributed by atoms with E-state index in [-0.39, 0.29) is 43.4 Å². The molecule has 7 nitrogen and oxygen atoms in total. The van der Waals surface area contributed by atoms with Crippen molar-refractivity contribution in [2.75, 3.05) is 24.7 Å². The van der Waals surface area contributed by atoms with Crippen LogP contribution in [0.5, 0.6) is 11.5 Å². The number of carbonyl (C=O) groups excluding carboxylic acids is 3. The molecule has 3 aromatic rings. The lowest BCUT2D eigenvalue weighted by atomic mass is 10.1. The first-order chi connectivity index (χ1) is 16.8. The monoisotopic (exact) mass is 492 g/mol. The number of carbonyl (C=O) groups is 3. The van der Waals surface area contributed by atoms with Crippen molar-refractivity contribution < 1.29 is 23.9 Å². The number of hydrogen-bond donors (Lipinski definition) is 1. The second-order valence-corrected chi connectivity index (χ2v) is 8.68. The smallest absolute Gasteiger partial charge is 0.265 e. The van der Waals surface area contributed by atoms with Crippen LogP contribution in [0, 0.1) is 6.92 Å². The molecule has 0 bridgehead atoms. The van der Waals surface area contributed by atoms with Crippen molar-refractivity contribution in [3.8, 4) is 11.5 Å². The van der Waals surface area contributed by atoms with Gasteiger partial charge >= 0.3 is 0 Å². The van der Waals surface area contributed by atoms with Gasteiger partial charge in [-0.25, -0.2) is 0 Å². The van der Waals surface area contributed by atoms with E-state index in [0.29, 0.717) is 27.8 Å². The van der Waals surface area contributed by atoms with Gasteiger partial charge in [0, 0.05) is 10.6 Å². The molecule has 1 aliphatic heterocycles. The zero-order valence-electron chi connectivity index (χ0n) is 19.4. The zero-order valence-corrected chi connectivity index (χ0v) is 20.2. The molecule has 0 radical (unpaired) electrons. The van der Waals surface area contributed by atoms with E-state index >= 15 is 0 Å². The molecule has 35 heavy (non-hydrogen) atoms. The van der Waals surface area contributed by atoms with Crippen molar-refractivity contribution in [2.24, 2.45) is 0 Å². The maximum atomic E-state index is 12.8. The van der Waals surface area contributed by atoms with E-state index in [1.807, 2.05) is 44.2 Å². The summed E-state index contributed by atoms with van der Waals surface area (Å²) in [6.07, 6.45) is 0. The summed E-state index contributed by atoms with van der Waals surface area (Å²) in [5, 5.41) is 3.53. The van der Waals surface area contributed by atoms with E-state index < -0.39 is 0 Å². The lowest BCUT2D eigenvalue weighted by Gasteiger charge is -2.29. The van der Waals surface area contributed by atoms with Gasteiger partial charge in [0.1, 0.15) is 18.0 Å². The molecule has 0 fully saturated rings. The first-order valence-electron chi connectivity index (χ1n) is 11.2. The molecule has 4 rings (SSSR count). The van der Waals surface area contributed by atoms with Gasteiger partial charge in [0.05, 0.1) is 11.7 Å². The number of ketones is 1. The van der Waals surface area contributed by atoms with Crippen LogP contribution in [0.15, 0.2) is 66.7 Å². The average Bonchev–Trinajstić information content (AvgIpc) is 2.86. The van der Waals surface area contributed by atoms with Crippen LogP contribution >= 0.6 is 11.6 Å². The summed E-state index contributed by atoms with van der Waals surface area (Å²) in [5.74, 6) is 0.000565. The average molecular weight is 493 g/mol. The third-order valence-electron chi connectivity index (χ3n) is 5.70. The van der Waals surface area contributed by atoms with Gasteiger partial charge in [-0.3, -0.25) is 19.3 Å². The third-order valence-corrected chi connectivity index (χ3v) is 6.13. The van der Waals surface area contributed by atoms with Crippen LogP contribution in [0.1, 0.15) is 34.5 Å². The third kappa shape index (κ3) is 5.81. The van der Waals surface area contributed by atoms with E-state index in [1.165, 1.54) is 4.90 Å². The second kappa shape index (κ2) is 10.6. The van der Waals surface area contributed by atoms with Gasteiger partial charge in [-0.1, -0.05) is 41.9 Å². The summed E-state index contributed by atoms with van der Waals surface area (Å²) in [5.41, 5.74) is 2.52. The number of amides is 2. The van der Waals surface area contributed by atoms with Gasteiger partial charge in [0.25, 0.3) is 5.91 Å². The molecule has 0 aromatic heterocycles. The predicted molar refractivity (Wildman–Crippen MR) is 133 cm³/mol. The molecule has 0 saturated heterocycles. The fraction of sp³-hybridized carbons (Fsp3) is 0.222. The standard InChI is InChI=1S/C27H25ClN2O5/c1-17-12-21(9-10-22(17)28)34-15-24(31)20-8-11-25-23(13-20)30(27(33)16-35-25)14-26(32)29-18(2)19-6-4-3-5-7-19/h3-13,18H,14-16H2,1-2H3,(H,29,32)/t18-/m0/s1. The van der Waals surface area contributed by atoms with Crippen molar-refractivity contribution in [1.29, 1.82) is 0 Å². The minimum absolute atomic E-state index is 0.180. The fourth-order valence-corrected chi connectivity index (χ4v) is 3.86. The lowest BCUT2D eigenvalue weighted by molar-refractivity contribution is -0.125. The van der Waals surface area contributed by atoms with E-state index in [0.717, 1.165) is 11.1 Å². The van der Waals surface area contributed by atoms with Gasteiger partial charge in [-0.2, -0.15) is 0 Å². The van der Waals surface area contributed by atoms with E-state index in [2.05, 4.69) is 5.32 Å². The maximum Gasteiger partial charge on any atom is 0.265 e. The SMILES string of the molecule is Cc1cc(OCC(=O)c2ccc3c(c2)N(CC(=O)N[C@@H](C)c2ccccc2)C(=O)CO3)ccc1Cl. The van der Waals surface area contributed by atoms with Crippen molar-refractivity contribution in [1.82, 2.24) is 5.32 Å². The quantitative estimate of drug-likeness (QED) is 0.467. The van der Waals surface area contributed by atoms with Crippen molar-refractivity contribution in [2.45, 2.75) is 19.9 Å². The molecule has 0 unspecified atom stereocenters. The van der Waals surface area contributed by atoms with E-state index in [1.54, 1.807) is 36.4 Å². The molecule has 180 valence electrons. The van der Waals surface area contributed by atoms with Gasteiger partial charge in [-0.15, -0.1) is 0 Å². The number of Topliss-reactive ketones (excluding diaryl/α,β-unsaturated/α-hetero) is 1. The van der Waals surface area contributed by atoms with Crippen molar-refractivity contribution in [3.63, 3.8) is 0 Å². The van der Waals surface area contributed by atoms with Gasteiger partial charge in [0.15, 0.2) is 19.0 Å². The number of nitrogens with zero attached hydrogens (tertiary/aromatic N) is 1. The highest BCUT2D eigenvalue weighted by molar-refractivity contribution is 6.31. The van der Waals surface area contributed by atoms with Gasteiger partial charge in [0.2, 0.25) is 5.91 Å². The number of anilines is 1. The van der Waals surface area contributed by atoms with Gasteiger partial charge in [-0.05, 0) is 61.4 Å². The highest BCUT2D eigenvalue weighted by Gasteiger charge is 2.28. The molecular formula is C27H25ClN2O5. The van der Waals surface area contributed by atoms with Crippen LogP contribution in [-0.2, 0) is 9.59 Å². The topological polar surface area (TPSA) is 84.9 Å². The van der Waals surface area contributed by atoms with Crippen LogP contribution in [0.3, 0.4) is 0 Å². The number of nitrogens with one attached hydrogen (secondary N) is 1. The molecule has 1 atom stereocenters. The molecule has 1 N–H and O–H groups in total. The molecule has 0 spiro atoms. The number of halogens is 1. The highest BCUT2D eigenvalue weighted by atomic mass is 35.5. The maximum absolute atomic E-state index is 12.8. The highest BCUT2D eigenvalue weighted by Crippen LogP contribution is 2.33. The Bertz CT molecular complexity index is 1260.